The molecule has 1 saturated carbocycles. The molecule has 112 valence electrons. The molecule has 2 rings (SSSR count). The van der Waals surface area contributed by atoms with E-state index in [4.69, 9.17) is 4.74 Å². The highest BCUT2D eigenvalue weighted by atomic mass is 16.5. The maximum atomic E-state index is 5.55. The smallest absolute Gasteiger partial charge is 0.0518 e. The summed E-state index contributed by atoms with van der Waals surface area (Å²) in [5.74, 6) is 0.776. The molecule has 0 heterocycles. The van der Waals surface area contributed by atoms with Crippen LogP contribution >= 0.6 is 0 Å². The van der Waals surface area contributed by atoms with Crippen LogP contribution in [-0.2, 0) is 4.74 Å². The van der Waals surface area contributed by atoms with Crippen molar-refractivity contribution in [2.24, 2.45) is 0 Å². The second-order valence-corrected chi connectivity index (χ2v) is 6.30. The van der Waals surface area contributed by atoms with Crippen molar-refractivity contribution in [3.8, 4) is 0 Å². The Bertz CT molecular complexity index is 396. The third-order valence-corrected chi connectivity index (χ3v) is 4.22. The van der Waals surface area contributed by atoms with Crippen molar-refractivity contribution in [3.05, 3.63) is 35.4 Å². The Balaban J connectivity index is 1.55. The van der Waals surface area contributed by atoms with E-state index in [0.717, 1.165) is 25.1 Å². The highest BCUT2D eigenvalue weighted by Gasteiger charge is 2.30. The number of rotatable bonds is 8. The maximum absolute atomic E-state index is 5.55. The molecule has 20 heavy (non-hydrogen) atoms. The number of nitrogens with one attached hydrogen (secondary N) is 1. The van der Waals surface area contributed by atoms with E-state index in [1.54, 1.807) is 5.56 Å². The fraction of sp³-hybridized carbons (Fsp3) is 0.667. The minimum atomic E-state index is 0.365. The zero-order chi connectivity index (χ0) is 14.4. The molecule has 2 nitrogen and oxygen atoms in total. The van der Waals surface area contributed by atoms with Gasteiger partial charge >= 0.3 is 0 Å². The molecular weight excluding hydrogens is 246 g/mol. The van der Waals surface area contributed by atoms with Gasteiger partial charge in [0.15, 0.2) is 0 Å². The number of unbranched alkanes of at least 4 members (excludes halogenated alkanes) is 1. The summed E-state index contributed by atoms with van der Waals surface area (Å²) in [4.78, 5) is 0. The second kappa shape index (κ2) is 7.80. The van der Waals surface area contributed by atoms with Crippen LogP contribution in [0.25, 0.3) is 0 Å². The molecule has 1 aliphatic carbocycles. The lowest BCUT2D eigenvalue weighted by atomic mass is 9.74. The van der Waals surface area contributed by atoms with Gasteiger partial charge in [0.2, 0.25) is 0 Å². The Hall–Kier alpha value is -0.860. The van der Waals surface area contributed by atoms with Crippen molar-refractivity contribution in [1.82, 2.24) is 5.32 Å². The number of benzene rings is 1. The van der Waals surface area contributed by atoms with Gasteiger partial charge in [-0.05, 0) is 70.0 Å². The summed E-state index contributed by atoms with van der Waals surface area (Å²) >= 11 is 0. The predicted octanol–water partition coefficient (Wildman–Crippen LogP) is 4.04. The van der Waals surface area contributed by atoms with Gasteiger partial charge in [0.05, 0.1) is 6.10 Å². The van der Waals surface area contributed by atoms with Gasteiger partial charge < -0.3 is 10.1 Å². The quantitative estimate of drug-likeness (QED) is 0.723. The van der Waals surface area contributed by atoms with E-state index in [1.807, 2.05) is 0 Å². The van der Waals surface area contributed by atoms with Crippen LogP contribution in [-0.4, -0.2) is 25.3 Å². The molecule has 0 spiro atoms. The standard InChI is InChI=1S/C18H29NO/c1-14(2)20-11-7-6-10-19-17-12-16(13-17)18-9-5-4-8-15(18)3/h4-5,8-9,14,16-17,19H,6-7,10-13H2,1-3H3. The number of aryl methyl sites for hydroxylation is 1. The topological polar surface area (TPSA) is 21.3 Å². The summed E-state index contributed by atoms with van der Waals surface area (Å²) < 4.78 is 5.55. The van der Waals surface area contributed by atoms with E-state index in [-0.39, 0.29) is 0 Å². The van der Waals surface area contributed by atoms with Crippen molar-refractivity contribution in [1.29, 1.82) is 0 Å². The lowest BCUT2D eigenvalue weighted by Gasteiger charge is -2.37. The molecule has 0 bridgehead atoms. The number of ether oxygens (including phenoxy) is 1. The zero-order valence-corrected chi connectivity index (χ0v) is 13.2. The van der Waals surface area contributed by atoms with Gasteiger partial charge in [0, 0.05) is 12.6 Å². The monoisotopic (exact) mass is 275 g/mol. The van der Waals surface area contributed by atoms with Crippen LogP contribution in [0.5, 0.6) is 0 Å². The fourth-order valence-corrected chi connectivity index (χ4v) is 2.94. The number of hydrogen-bond donors (Lipinski definition) is 1. The van der Waals surface area contributed by atoms with Gasteiger partial charge in [-0.15, -0.1) is 0 Å². The van der Waals surface area contributed by atoms with Gasteiger partial charge in [-0.1, -0.05) is 24.3 Å². The Morgan fingerprint density at radius 2 is 1.95 bits per heavy atom. The molecule has 1 aromatic rings. The van der Waals surface area contributed by atoms with E-state index in [0.29, 0.717) is 6.10 Å². The first-order valence-corrected chi connectivity index (χ1v) is 8.07. The summed E-state index contributed by atoms with van der Waals surface area (Å²) in [6.07, 6.45) is 5.35. The van der Waals surface area contributed by atoms with Crippen LogP contribution < -0.4 is 5.32 Å². The van der Waals surface area contributed by atoms with E-state index in [2.05, 4.69) is 50.4 Å². The Morgan fingerprint density at radius 1 is 1.20 bits per heavy atom. The highest BCUT2D eigenvalue weighted by Crippen LogP contribution is 2.38. The third kappa shape index (κ3) is 4.60. The van der Waals surface area contributed by atoms with Gasteiger partial charge in [-0.2, -0.15) is 0 Å². The predicted molar refractivity (Wildman–Crippen MR) is 85.3 cm³/mol. The summed E-state index contributed by atoms with van der Waals surface area (Å²) in [6, 6.07) is 9.54. The summed E-state index contributed by atoms with van der Waals surface area (Å²) in [6.45, 7) is 8.45. The van der Waals surface area contributed by atoms with Crippen molar-refractivity contribution in [2.75, 3.05) is 13.2 Å². The molecule has 1 aromatic carbocycles. The SMILES string of the molecule is Cc1ccccc1C1CC(NCCCCOC(C)C)C1. The fourth-order valence-electron chi connectivity index (χ4n) is 2.94. The Morgan fingerprint density at radius 3 is 2.65 bits per heavy atom. The first kappa shape index (κ1) is 15.5. The largest absolute Gasteiger partial charge is 0.379 e. The van der Waals surface area contributed by atoms with Crippen molar-refractivity contribution < 1.29 is 4.74 Å². The van der Waals surface area contributed by atoms with Gasteiger partial charge in [-0.25, -0.2) is 0 Å². The zero-order valence-electron chi connectivity index (χ0n) is 13.2. The van der Waals surface area contributed by atoms with E-state index < -0.39 is 0 Å². The molecule has 1 fully saturated rings. The first-order valence-electron chi connectivity index (χ1n) is 8.07. The minimum Gasteiger partial charge on any atom is -0.379 e. The molecule has 0 unspecified atom stereocenters. The van der Waals surface area contributed by atoms with Crippen LogP contribution in [0.3, 0.4) is 0 Å². The van der Waals surface area contributed by atoms with Gasteiger partial charge in [0.1, 0.15) is 0 Å². The van der Waals surface area contributed by atoms with Crippen molar-refractivity contribution >= 4 is 0 Å². The molecule has 0 saturated heterocycles. The summed E-state index contributed by atoms with van der Waals surface area (Å²) in [5.41, 5.74) is 3.00. The van der Waals surface area contributed by atoms with E-state index in [1.165, 1.54) is 31.2 Å². The molecule has 0 atom stereocenters. The van der Waals surface area contributed by atoms with Crippen LogP contribution in [0.4, 0.5) is 0 Å². The van der Waals surface area contributed by atoms with Crippen LogP contribution in [0.2, 0.25) is 0 Å². The lowest BCUT2D eigenvalue weighted by molar-refractivity contribution is 0.0757. The molecule has 0 aromatic heterocycles. The minimum absolute atomic E-state index is 0.365. The molecule has 0 aliphatic heterocycles. The average molecular weight is 275 g/mol. The molecule has 1 aliphatic rings. The molecule has 1 N–H and O–H groups in total. The van der Waals surface area contributed by atoms with Gasteiger partial charge in [-0.3, -0.25) is 0 Å². The Kier molecular flexibility index (Phi) is 6.06. The third-order valence-electron chi connectivity index (χ3n) is 4.22. The number of hydrogen-bond acceptors (Lipinski definition) is 2. The molecular formula is C18H29NO. The van der Waals surface area contributed by atoms with Crippen LogP contribution in [0.1, 0.15) is 56.6 Å². The van der Waals surface area contributed by atoms with Crippen LogP contribution in [0, 0.1) is 6.92 Å². The van der Waals surface area contributed by atoms with E-state index in [9.17, 15) is 0 Å². The first-order chi connectivity index (χ1) is 9.66. The molecule has 2 heteroatoms. The average Bonchev–Trinajstić information content (AvgIpc) is 2.36. The Labute approximate surface area is 123 Å². The van der Waals surface area contributed by atoms with Gasteiger partial charge in [0.25, 0.3) is 0 Å². The second-order valence-electron chi connectivity index (χ2n) is 6.30. The van der Waals surface area contributed by atoms with Crippen LogP contribution in [0.15, 0.2) is 24.3 Å². The maximum Gasteiger partial charge on any atom is 0.0518 e. The van der Waals surface area contributed by atoms with E-state index >= 15 is 0 Å². The molecule has 0 radical (unpaired) electrons. The van der Waals surface area contributed by atoms with Crippen molar-refractivity contribution in [2.45, 2.75) is 64.5 Å². The van der Waals surface area contributed by atoms with Crippen molar-refractivity contribution in [3.63, 3.8) is 0 Å². The highest BCUT2D eigenvalue weighted by molar-refractivity contribution is 5.31. The summed E-state index contributed by atoms with van der Waals surface area (Å²) in [7, 11) is 0. The lowest BCUT2D eigenvalue weighted by Crippen LogP contribution is -2.40. The molecule has 0 amide bonds. The summed E-state index contributed by atoms with van der Waals surface area (Å²) in [5, 5.41) is 3.67. The normalized spacial score (nSPS) is 22.0.